The van der Waals surface area contributed by atoms with Gasteiger partial charge in [-0.3, -0.25) is 14.6 Å². The molecule has 3 aromatic carbocycles. The van der Waals surface area contributed by atoms with Crippen molar-refractivity contribution in [3.63, 3.8) is 0 Å². The zero-order valence-corrected chi connectivity index (χ0v) is 25.5. The highest BCUT2D eigenvalue weighted by Gasteiger charge is 2.31. The summed E-state index contributed by atoms with van der Waals surface area (Å²) < 4.78 is 26.0. The Labute approximate surface area is 256 Å². The average Bonchev–Trinajstić information content (AvgIpc) is 3.65. The number of rotatable bonds is 9. The van der Waals surface area contributed by atoms with Gasteiger partial charge in [0, 0.05) is 30.7 Å². The molecule has 1 N–H and O–H groups in total. The second-order valence-corrected chi connectivity index (χ2v) is 12.3. The van der Waals surface area contributed by atoms with Crippen molar-refractivity contribution in [2.24, 2.45) is 0 Å². The molecule has 1 fully saturated rings. The number of benzene rings is 3. The molecule has 2 heterocycles. The highest BCUT2D eigenvalue weighted by atomic mass is 35.5. The fraction of sp³-hybridized carbons (Fsp3) is 0.353. The molecule has 0 saturated carbocycles. The lowest BCUT2D eigenvalue weighted by Gasteiger charge is -2.34. The minimum Gasteiger partial charge on any atom is -0.464 e. The number of carbonyl (C=O) groups excluding carboxylic acids is 2. The first-order valence-electron chi connectivity index (χ1n) is 14.6. The first-order valence-corrected chi connectivity index (χ1v) is 15.0. The van der Waals surface area contributed by atoms with E-state index >= 15 is 0 Å². The summed E-state index contributed by atoms with van der Waals surface area (Å²) in [6, 6.07) is 19.9. The molecule has 2 amide bonds. The molecular weight excluding hydrogens is 569 g/mol. The number of fused-ring (bicyclic) bond motifs is 1. The molecule has 226 valence electrons. The van der Waals surface area contributed by atoms with Crippen LogP contribution in [-0.2, 0) is 24.3 Å². The molecule has 0 bridgehead atoms. The summed E-state index contributed by atoms with van der Waals surface area (Å²) in [5.74, 6) is -0.204. The SMILES string of the molecule is CC(C)(C)N(Cc1ccccc1)C(=O)Oc1cc(CCN2CCC[C@H]2C(=O)NCc2cccc(Cl)c2F)cc2occc12. The Balaban J connectivity index is 1.26. The quantitative estimate of drug-likeness (QED) is 0.216. The highest BCUT2D eigenvalue weighted by molar-refractivity contribution is 6.30. The number of nitrogens with one attached hydrogen (secondary N) is 1. The fourth-order valence-corrected chi connectivity index (χ4v) is 5.65. The lowest BCUT2D eigenvalue weighted by atomic mass is 10.1. The minimum absolute atomic E-state index is 0.0372. The van der Waals surface area contributed by atoms with E-state index < -0.39 is 17.4 Å². The van der Waals surface area contributed by atoms with Crippen LogP contribution in [0.5, 0.6) is 5.75 Å². The average molecular weight is 606 g/mol. The number of nitrogens with zero attached hydrogens (tertiary/aromatic N) is 2. The molecule has 0 aliphatic carbocycles. The Morgan fingerprint density at radius 2 is 1.88 bits per heavy atom. The van der Waals surface area contributed by atoms with Crippen LogP contribution >= 0.6 is 11.6 Å². The molecule has 4 aromatic rings. The van der Waals surface area contributed by atoms with Gasteiger partial charge in [-0.1, -0.05) is 54.1 Å². The fourth-order valence-electron chi connectivity index (χ4n) is 5.46. The summed E-state index contributed by atoms with van der Waals surface area (Å²) in [6.07, 6.45) is 3.40. The number of amides is 2. The molecule has 0 unspecified atom stereocenters. The van der Waals surface area contributed by atoms with Crippen LogP contribution in [0.1, 0.15) is 50.3 Å². The van der Waals surface area contributed by atoms with Crippen LogP contribution in [0.25, 0.3) is 11.0 Å². The van der Waals surface area contributed by atoms with E-state index in [1.165, 1.54) is 6.07 Å². The molecule has 0 spiro atoms. The smallest absolute Gasteiger partial charge is 0.415 e. The first-order chi connectivity index (χ1) is 20.6. The molecule has 5 rings (SSSR count). The summed E-state index contributed by atoms with van der Waals surface area (Å²) in [5, 5.41) is 3.63. The van der Waals surface area contributed by atoms with Crippen molar-refractivity contribution in [3.8, 4) is 5.75 Å². The first kappa shape index (κ1) is 30.6. The third-order valence-corrected chi connectivity index (χ3v) is 8.14. The zero-order chi connectivity index (χ0) is 30.6. The molecule has 43 heavy (non-hydrogen) atoms. The van der Waals surface area contributed by atoms with Crippen LogP contribution in [0.15, 0.2) is 77.4 Å². The van der Waals surface area contributed by atoms with E-state index in [0.717, 1.165) is 35.9 Å². The molecule has 1 saturated heterocycles. The third kappa shape index (κ3) is 7.37. The van der Waals surface area contributed by atoms with Crippen LogP contribution < -0.4 is 10.1 Å². The summed E-state index contributed by atoms with van der Waals surface area (Å²) in [6.45, 7) is 7.86. The molecular formula is C34H37ClFN3O4. The van der Waals surface area contributed by atoms with Crippen molar-refractivity contribution in [1.82, 2.24) is 15.1 Å². The maximum Gasteiger partial charge on any atom is 0.415 e. The number of carbonyl (C=O) groups is 2. The predicted molar refractivity (Wildman–Crippen MR) is 166 cm³/mol. The van der Waals surface area contributed by atoms with Gasteiger partial charge < -0.3 is 14.5 Å². The Bertz CT molecular complexity index is 1580. The summed E-state index contributed by atoms with van der Waals surface area (Å²) in [5.41, 5.74) is 2.46. The van der Waals surface area contributed by atoms with E-state index in [4.69, 9.17) is 20.8 Å². The van der Waals surface area contributed by atoms with Crippen LogP contribution in [0.4, 0.5) is 9.18 Å². The summed E-state index contributed by atoms with van der Waals surface area (Å²) in [7, 11) is 0. The van der Waals surface area contributed by atoms with Gasteiger partial charge in [-0.15, -0.1) is 0 Å². The summed E-state index contributed by atoms with van der Waals surface area (Å²) in [4.78, 5) is 30.4. The maximum atomic E-state index is 14.3. The minimum atomic E-state index is -0.511. The molecule has 1 aliphatic heterocycles. The normalized spacial score (nSPS) is 15.5. The van der Waals surface area contributed by atoms with E-state index in [1.54, 1.807) is 29.4 Å². The number of ether oxygens (including phenoxy) is 1. The number of hydrogen-bond donors (Lipinski definition) is 1. The summed E-state index contributed by atoms with van der Waals surface area (Å²) >= 11 is 5.88. The lowest BCUT2D eigenvalue weighted by Crippen LogP contribution is -2.46. The van der Waals surface area contributed by atoms with Crippen molar-refractivity contribution in [1.29, 1.82) is 0 Å². The van der Waals surface area contributed by atoms with Crippen molar-refractivity contribution in [2.45, 2.75) is 64.7 Å². The van der Waals surface area contributed by atoms with Gasteiger partial charge in [0.25, 0.3) is 0 Å². The topological polar surface area (TPSA) is 75.0 Å². The van der Waals surface area contributed by atoms with Crippen molar-refractivity contribution in [2.75, 3.05) is 13.1 Å². The Morgan fingerprint density at radius 1 is 1.09 bits per heavy atom. The molecule has 1 aromatic heterocycles. The Hall–Kier alpha value is -3.88. The van der Waals surface area contributed by atoms with Crippen molar-refractivity contribution < 1.29 is 23.1 Å². The van der Waals surface area contributed by atoms with Gasteiger partial charge >= 0.3 is 6.09 Å². The van der Waals surface area contributed by atoms with E-state index in [2.05, 4.69) is 10.2 Å². The third-order valence-electron chi connectivity index (χ3n) is 7.84. The van der Waals surface area contributed by atoms with E-state index in [9.17, 15) is 14.0 Å². The van der Waals surface area contributed by atoms with E-state index in [1.807, 2.05) is 63.2 Å². The molecule has 1 aliphatic rings. The van der Waals surface area contributed by atoms with Gasteiger partial charge in [0.15, 0.2) is 0 Å². The van der Waals surface area contributed by atoms with Crippen LogP contribution in [-0.4, -0.2) is 46.5 Å². The van der Waals surface area contributed by atoms with Gasteiger partial charge in [0.05, 0.1) is 22.7 Å². The number of hydrogen-bond acceptors (Lipinski definition) is 5. The van der Waals surface area contributed by atoms with Crippen molar-refractivity contribution in [3.05, 3.63) is 101 Å². The second-order valence-electron chi connectivity index (χ2n) is 11.9. The van der Waals surface area contributed by atoms with Gasteiger partial charge in [-0.25, -0.2) is 9.18 Å². The van der Waals surface area contributed by atoms with E-state index in [0.29, 0.717) is 36.4 Å². The van der Waals surface area contributed by atoms with Gasteiger partial charge in [0.2, 0.25) is 5.91 Å². The van der Waals surface area contributed by atoms with Gasteiger partial charge in [-0.05, 0) is 82.0 Å². The van der Waals surface area contributed by atoms with Crippen LogP contribution in [0, 0.1) is 5.82 Å². The Kier molecular flexibility index (Phi) is 9.37. The van der Waals surface area contributed by atoms with Crippen LogP contribution in [0.3, 0.4) is 0 Å². The van der Waals surface area contributed by atoms with Crippen molar-refractivity contribution >= 4 is 34.6 Å². The van der Waals surface area contributed by atoms with Crippen LogP contribution in [0.2, 0.25) is 5.02 Å². The number of halogens is 2. The second kappa shape index (κ2) is 13.2. The lowest BCUT2D eigenvalue weighted by molar-refractivity contribution is -0.125. The highest BCUT2D eigenvalue weighted by Crippen LogP contribution is 2.31. The molecule has 0 radical (unpaired) electrons. The largest absolute Gasteiger partial charge is 0.464 e. The predicted octanol–water partition coefficient (Wildman–Crippen LogP) is 7.35. The van der Waals surface area contributed by atoms with Gasteiger partial charge in [-0.2, -0.15) is 0 Å². The Morgan fingerprint density at radius 3 is 2.65 bits per heavy atom. The molecule has 7 nitrogen and oxygen atoms in total. The molecule has 1 atom stereocenters. The number of furan rings is 1. The maximum absolute atomic E-state index is 14.3. The van der Waals surface area contributed by atoms with Gasteiger partial charge in [0.1, 0.15) is 17.1 Å². The standard InChI is InChI=1S/C34H37ClFN3O4/c1-34(2,3)39(22-23-9-5-4-6-10-23)33(41)43-30-20-24(19-29-26(30)15-18-42-29)14-17-38-16-8-13-28(38)32(40)37-21-25-11-7-12-27(35)31(25)36/h4-7,9-12,15,18-20,28H,8,13-14,16-17,21-22H2,1-3H3,(H,37,40)/t28-/m0/s1. The molecule has 9 heteroatoms. The monoisotopic (exact) mass is 605 g/mol. The zero-order valence-electron chi connectivity index (χ0n) is 24.7. The van der Waals surface area contributed by atoms with E-state index in [-0.39, 0.29) is 23.5 Å². The number of likely N-dealkylation sites (tertiary alicyclic amines) is 1.